The highest BCUT2D eigenvalue weighted by Gasteiger charge is 2.25. The number of halogens is 1. The number of rotatable bonds is 10. The molecule has 0 saturated heterocycles. The largest absolute Gasteiger partial charge is 0.493 e. The molecular weight excluding hydrogens is 402 g/mol. The molecule has 1 aliphatic carbocycles. The minimum atomic E-state index is -0.570. The Hall–Kier alpha value is -2.21. The molecule has 0 spiro atoms. The number of hydrogen-bond donors (Lipinski definition) is 2. The second-order valence-electron chi connectivity index (χ2n) is 7.91. The molecule has 1 atom stereocenters. The lowest BCUT2D eigenvalue weighted by Gasteiger charge is -2.19. The number of nitrogens with one attached hydrogen (secondary N) is 1. The minimum Gasteiger partial charge on any atom is -0.493 e. The zero-order valence-electron chi connectivity index (χ0n) is 18.1. The van der Waals surface area contributed by atoms with E-state index in [1.165, 1.54) is 11.1 Å². The Balaban J connectivity index is 0.00000320. The SMILES string of the molecule is COc1ccc(CCNCC(O)COc2ccc3c(c2)C(C)(C)C=C3)cc1OC.Cl. The molecule has 30 heavy (non-hydrogen) atoms. The Labute approximate surface area is 185 Å². The van der Waals surface area contributed by atoms with Crippen LogP contribution in [0.4, 0.5) is 0 Å². The van der Waals surface area contributed by atoms with Crippen LogP contribution in [0.2, 0.25) is 0 Å². The van der Waals surface area contributed by atoms with Crippen LogP contribution in [0.25, 0.3) is 6.08 Å². The zero-order valence-corrected chi connectivity index (χ0v) is 18.9. The third-order valence-corrected chi connectivity index (χ3v) is 5.26. The Morgan fingerprint density at radius 2 is 1.80 bits per heavy atom. The van der Waals surface area contributed by atoms with E-state index in [0.717, 1.165) is 35.8 Å². The Bertz CT molecular complexity index is 866. The molecule has 6 heteroatoms. The van der Waals surface area contributed by atoms with Gasteiger partial charge < -0.3 is 24.6 Å². The van der Waals surface area contributed by atoms with Crippen molar-refractivity contribution in [1.29, 1.82) is 0 Å². The van der Waals surface area contributed by atoms with Crippen molar-refractivity contribution in [3.8, 4) is 17.2 Å². The highest BCUT2D eigenvalue weighted by atomic mass is 35.5. The maximum absolute atomic E-state index is 10.2. The number of hydrogen-bond acceptors (Lipinski definition) is 5. The van der Waals surface area contributed by atoms with Gasteiger partial charge in [0.05, 0.1) is 14.2 Å². The average Bonchev–Trinajstić information content (AvgIpc) is 3.03. The Morgan fingerprint density at radius 1 is 1.03 bits per heavy atom. The summed E-state index contributed by atoms with van der Waals surface area (Å²) in [7, 11) is 3.26. The highest BCUT2D eigenvalue weighted by molar-refractivity contribution is 5.85. The lowest BCUT2D eigenvalue weighted by Crippen LogP contribution is -2.32. The minimum absolute atomic E-state index is 0. The van der Waals surface area contributed by atoms with E-state index in [2.05, 4.69) is 43.4 Å². The Kier molecular flexibility index (Phi) is 8.59. The summed E-state index contributed by atoms with van der Waals surface area (Å²) in [5.41, 5.74) is 3.67. The summed E-state index contributed by atoms with van der Waals surface area (Å²) in [5.74, 6) is 2.25. The van der Waals surface area contributed by atoms with Gasteiger partial charge in [0.25, 0.3) is 0 Å². The van der Waals surface area contributed by atoms with Crippen molar-refractivity contribution < 1.29 is 19.3 Å². The average molecular weight is 434 g/mol. The van der Waals surface area contributed by atoms with Crippen molar-refractivity contribution in [3.05, 3.63) is 59.2 Å². The van der Waals surface area contributed by atoms with Crippen molar-refractivity contribution in [2.75, 3.05) is 33.9 Å². The summed E-state index contributed by atoms with van der Waals surface area (Å²) in [6, 6.07) is 12.0. The van der Waals surface area contributed by atoms with Crippen molar-refractivity contribution in [3.63, 3.8) is 0 Å². The fourth-order valence-corrected chi connectivity index (χ4v) is 3.51. The highest BCUT2D eigenvalue weighted by Crippen LogP contribution is 2.37. The van der Waals surface area contributed by atoms with E-state index in [9.17, 15) is 5.11 Å². The molecule has 2 aromatic rings. The summed E-state index contributed by atoms with van der Waals surface area (Å²) in [6.07, 6.45) is 4.62. The number of aliphatic hydroxyl groups is 1. The van der Waals surface area contributed by atoms with Crippen molar-refractivity contribution in [2.45, 2.75) is 31.8 Å². The second kappa shape index (κ2) is 10.7. The van der Waals surface area contributed by atoms with Gasteiger partial charge in [-0.05, 0) is 53.9 Å². The molecule has 5 nitrogen and oxygen atoms in total. The van der Waals surface area contributed by atoms with Crippen LogP contribution in [0.15, 0.2) is 42.5 Å². The molecule has 2 aromatic carbocycles. The topological polar surface area (TPSA) is 60.0 Å². The number of benzene rings is 2. The molecule has 1 aliphatic rings. The molecule has 164 valence electrons. The first kappa shape index (κ1) is 24.1. The van der Waals surface area contributed by atoms with Gasteiger partial charge in [-0.2, -0.15) is 0 Å². The van der Waals surface area contributed by atoms with Crippen LogP contribution in [-0.2, 0) is 11.8 Å². The second-order valence-corrected chi connectivity index (χ2v) is 7.91. The fourth-order valence-electron chi connectivity index (χ4n) is 3.51. The molecule has 0 bridgehead atoms. The first-order valence-electron chi connectivity index (χ1n) is 9.99. The molecule has 0 amide bonds. The van der Waals surface area contributed by atoms with Crippen LogP contribution in [-0.4, -0.2) is 45.1 Å². The number of methoxy groups -OCH3 is 2. The number of allylic oxidation sites excluding steroid dienone is 1. The van der Waals surface area contributed by atoms with Gasteiger partial charge in [0.2, 0.25) is 0 Å². The fraction of sp³-hybridized carbons (Fsp3) is 0.417. The molecular formula is C24H32ClNO4. The summed E-state index contributed by atoms with van der Waals surface area (Å²) in [4.78, 5) is 0. The smallest absolute Gasteiger partial charge is 0.160 e. The lowest BCUT2D eigenvalue weighted by atomic mass is 9.87. The van der Waals surface area contributed by atoms with Crippen LogP contribution in [0.1, 0.15) is 30.5 Å². The van der Waals surface area contributed by atoms with Crippen LogP contribution in [0.3, 0.4) is 0 Å². The van der Waals surface area contributed by atoms with Gasteiger partial charge in [0.15, 0.2) is 11.5 Å². The van der Waals surface area contributed by atoms with E-state index in [4.69, 9.17) is 14.2 Å². The van der Waals surface area contributed by atoms with Gasteiger partial charge in [-0.25, -0.2) is 0 Å². The van der Waals surface area contributed by atoms with E-state index < -0.39 is 6.10 Å². The molecule has 0 aliphatic heterocycles. The maximum atomic E-state index is 10.2. The summed E-state index contributed by atoms with van der Waals surface area (Å²) >= 11 is 0. The molecule has 3 rings (SSSR count). The monoisotopic (exact) mass is 433 g/mol. The predicted octanol–water partition coefficient (Wildman–Crippen LogP) is 4.00. The van der Waals surface area contributed by atoms with Gasteiger partial charge in [0.1, 0.15) is 18.5 Å². The standard InChI is InChI=1S/C24H31NO4.ClH/c1-24(2)11-9-18-6-7-20(14-21(18)24)29-16-19(26)15-25-12-10-17-5-8-22(27-3)23(13-17)28-4;/h5-9,11,13-14,19,25-26H,10,12,15-16H2,1-4H3;1H. The van der Waals surface area contributed by atoms with Crippen LogP contribution in [0.5, 0.6) is 17.2 Å². The van der Waals surface area contributed by atoms with Gasteiger partial charge in [-0.1, -0.05) is 38.1 Å². The third kappa shape index (κ3) is 5.91. The van der Waals surface area contributed by atoms with E-state index in [1.54, 1.807) is 14.2 Å². The van der Waals surface area contributed by atoms with Gasteiger partial charge in [0, 0.05) is 12.0 Å². The van der Waals surface area contributed by atoms with Crippen molar-refractivity contribution in [2.24, 2.45) is 0 Å². The van der Waals surface area contributed by atoms with E-state index >= 15 is 0 Å². The summed E-state index contributed by atoms with van der Waals surface area (Å²) < 4.78 is 16.4. The number of ether oxygens (including phenoxy) is 3. The molecule has 1 unspecified atom stereocenters. The van der Waals surface area contributed by atoms with E-state index in [1.807, 2.05) is 24.3 Å². The normalized spacial score (nSPS) is 14.6. The Morgan fingerprint density at radius 3 is 2.53 bits per heavy atom. The molecule has 0 fully saturated rings. The molecule has 0 heterocycles. The van der Waals surface area contributed by atoms with Gasteiger partial charge in [-0.15, -0.1) is 12.4 Å². The van der Waals surface area contributed by atoms with Gasteiger partial charge >= 0.3 is 0 Å². The van der Waals surface area contributed by atoms with Crippen molar-refractivity contribution >= 4 is 18.5 Å². The number of aliphatic hydroxyl groups excluding tert-OH is 1. The molecule has 2 N–H and O–H groups in total. The first-order chi connectivity index (χ1) is 13.9. The number of fused-ring (bicyclic) bond motifs is 1. The maximum Gasteiger partial charge on any atom is 0.160 e. The quantitative estimate of drug-likeness (QED) is 0.554. The molecule has 0 saturated carbocycles. The molecule has 0 aromatic heterocycles. The van der Waals surface area contributed by atoms with Crippen LogP contribution in [0, 0.1) is 0 Å². The van der Waals surface area contributed by atoms with Crippen molar-refractivity contribution in [1.82, 2.24) is 5.32 Å². The van der Waals surface area contributed by atoms with E-state index in [0.29, 0.717) is 6.54 Å². The van der Waals surface area contributed by atoms with Gasteiger partial charge in [-0.3, -0.25) is 0 Å². The summed E-state index contributed by atoms with van der Waals surface area (Å²) in [5, 5.41) is 13.5. The van der Waals surface area contributed by atoms with Crippen LogP contribution >= 0.6 is 12.4 Å². The summed E-state index contributed by atoms with van der Waals surface area (Å²) in [6.45, 7) is 5.87. The third-order valence-electron chi connectivity index (χ3n) is 5.26. The lowest BCUT2D eigenvalue weighted by molar-refractivity contribution is 0.106. The van der Waals surface area contributed by atoms with E-state index in [-0.39, 0.29) is 24.4 Å². The first-order valence-corrected chi connectivity index (χ1v) is 9.99. The van der Waals surface area contributed by atoms with Crippen LogP contribution < -0.4 is 19.5 Å². The predicted molar refractivity (Wildman–Crippen MR) is 123 cm³/mol. The zero-order chi connectivity index (χ0) is 20.9. The molecule has 0 radical (unpaired) electrons.